The summed E-state index contributed by atoms with van der Waals surface area (Å²) in [6.45, 7) is 4.39. The van der Waals surface area contributed by atoms with Crippen LogP contribution >= 0.6 is 0 Å². The molecule has 0 saturated carbocycles. The van der Waals surface area contributed by atoms with E-state index in [1.807, 2.05) is 73.7 Å². The van der Waals surface area contributed by atoms with Gasteiger partial charge in [-0.3, -0.25) is 0 Å². The molecule has 0 aliphatic heterocycles. The van der Waals surface area contributed by atoms with Crippen molar-refractivity contribution in [3.8, 4) is 28.7 Å². The van der Waals surface area contributed by atoms with Gasteiger partial charge in [0.1, 0.15) is 5.75 Å². The number of aromatic amines is 1. The first-order chi connectivity index (χ1) is 14.1. The van der Waals surface area contributed by atoms with E-state index in [2.05, 4.69) is 21.8 Å². The number of fused-ring (bicyclic) bond motifs is 1. The number of aliphatic hydroxyl groups is 1. The van der Waals surface area contributed by atoms with Crippen molar-refractivity contribution >= 4 is 11.0 Å². The summed E-state index contributed by atoms with van der Waals surface area (Å²) in [4.78, 5) is 7.85. The van der Waals surface area contributed by atoms with Gasteiger partial charge in [0.2, 0.25) is 0 Å². The fraction of sp³-hybridized carbons (Fsp3) is 0.160. The molecule has 1 unspecified atom stereocenters. The minimum absolute atomic E-state index is 0.529. The topological polar surface area (TPSA) is 58.1 Å². The molecule has 0 bridgehead atoms. The third-order valence-electron chi connectivity index (χ3n) is 4.69. The molecule has 0 fully saturated rings. The molecule has 4 aromatic rings. The van der Waals surface area contributed by atoms with Crippen LogP contribution in [-0.2, 0) is 0 Å². The van der Waals surface area contributed by atoms with Crippen molar-refractivity contribution < 1.29 is 9.84 Å². The van der Waals surface area contributed by atoms with Crippen molar-refractivity contribution in [3.63, 3.8) is 0 Å². The smallest absolute Gasteiger partial charge is 0.184 e. The van der Waals surface area contributed by atoms with E-state index in [0.29, 0.717) is 12.4 Å². The van der Waals surface area contributed by atoms with Gasteiger partial charge in [0.15, 0.2) is 5.82 Å². The first kappa shape index (κ1) is 18.8. The summed E-state index contributed by atoms with van der Waals surface area (Å²) >= 11 is 0. The molecular formula is C25H22N2O2. The van der Waals surface area contributed by atoms with E-state index >= 15 is 0 Å². The zero-order valence-electron chi connectivity index (χ0n) is 16.4. The van der Waals surface area contributed by atoms with Crippen LogP contribution in [0, 0.1) is 11.8 Å². The average molecular weight is 382 g/mol. The largest absolute Gasteiger partial charge is 0.494 e. The maximum atomic E-state index is 10.1. The Morgan fingerprint density at radius 1 is 1.03 bits per heavy atom. The van der Waals surface area contributed by atoms with Gasteiger partial charge in [0.05, 0.1) is 23.7 Å². The predicted molar refractivity (Wildman–Crippen MR) is 116 cm³/mol. The number of hydrogen-bond donors (Lipinski definition) is 2. The molecule has 29 heavy (non-hydrogen) atoms. The van der Waals surface area contributed by atoms with Crippen LogP contribution in [0.4, 0.5) is 0 Å². The Labute approximate surface area is 170 Å². The third-order valence-corrected chi connectivity index (χ3v) is 4.69. The van der Waals surface area contributed by atoms with Crippen LogP contribution in [0.3, 0.4) is 0 Å². The number of imidazole rings is 1. The van der Waals surface area contributed by atoms with E-state index < -0.39 is 6.10 Å². The minimum atomic E-state index is -0.529. The van der Waals surface area contributed by atoms with Crippen LogP contribution in [0.5, 0.6) is 5.75 Å². The summed E-state index contributed by atoms with van der Waals surface area (Å²) in [6, 6.07) is 21.6. The molecule has 1 atom stereocenters. The number of nitrogens with zero attached hydrogens (tertiary/aromatic N) is 1. The van der Waals surface area contributed by atoms with Gasteiger partial charge < -0.3 is 14.8 Å². The summed E-state index contributed by atoms with van der Waals surface area (Å²) in [7, 11) is 0. The van der Waals surface area contributed by atoms with Crippen LogP contribution in [-0.4, -0.2) is 21.7 Å². The number of benzene rings is 3. The van der Waals surface area contributed by atoms with Crippen molar-refractivity contribution in [2.75, 3.05) is 6.61 Å². The van der Waals surface area contributed by atoms with Crippen LogP contribution in [0.2, 0.25) is 0 Å². The molecule has 0 aliphatic carbocycles. The normalized spacial score (nSPS) is 11.7. The maximum absolute atomic E-state index is 10.1. The van der Waals surface area contributed by atoms with Gasteiger partial charge in [-0.15, -0.1) is 0 Å². The van der Waals surface area contributed by atoms with E-state index in [4.69, 9.17) is 4.74 Å². The molecular weight excluding hydrogens is 360 g/mol. The van der Waals surface area contributed by atoms with E-state index in [9.17, 15) is 5.11 Å². The molecule has 4 heteroatoms. The Hall–Kier alpha value is -3.55. The summed E-state index contributed by atoms with van der Waals surface area (Å²) in [5.41, 5.74) is 5.63. The quantitative estimate of drug-likeness (QED) is 0.484. The van der Waals surface area contributed by atoms with Crippen molar-refractivity contribution in [3.05, 3.63) is 83.7 Å². The molecule has 0 spiro atoms. The summed E-state index contributed by atoms with van der Waals surface area (Å²) in [5.74, 6) is 7.68. The lowest BCUT2D eigenvalue weighted by Gasteiger charge is -2.11. The molecule has 1 heterocycles. The number of aliphatic hydroxyl groups excluding tert-OH is 1. The fourth-order valence-corrected chi connectivity index (χ4v) is 3.29. The monoisotopic (exact) mass is 382 g/mol. The van der Waals surface area contributed by atoms with Crippen molar-refractivity contribution in [1.82, 2.24) is 9.97 Å². The number of ether oxygens (including phenoxy) is 1. The van der Waals surface area contributed by atoms with E-state index in [0.717, 1.165) is 39.0 Å². The highest BCUT2D eigenvalue weighted by Gasteiger charge is 2.10. The molecule has 144 valence electrons. The highest BCUT2D eigenvalue weighted by atomic mass is 16.5. The molecule has 0 amide bonds. The lowest BCUT2D eigenvalue weighted by molar-refractivity contribution is 0.200. The van der Waals surface area contributed by atoms with E-state index in [1.165, 1.54) is 0 Å². The number of nitrogens with one attached hydrogen (secondary N) is 1. The molecule has 1 aromatic heterocycles. The van der Waals surface area contributed by atoms with E-state index in [-0.39, 0.29) is 0 Å². The molecule has 3 aromatic carbocycles. The van der Waals surface area contributed by atoms with Gasteiger partial charge in [0, 0.05) is 5.56 Å². The molecule has 4 rings (SSSR count). The minimum Gasteiger partial charge on any atom is -0.494 e. The van der Waals surface area contributed by atoms with Crippen LogP contribution in [0.1, 0.15) is 36.9 Å². The Balaban J connectivity index is 1.63. The van der Waals surface area contributed by atoms with Crippen molar-refractivity contribution in [1.29, 1.82) is 0 Å². The number of H-pyrrole nitrogens is 1. The lowest BCUT2D eigenvalue weighted by Crippen LogP contribution is -1.94. The Bertz CT molecular complexity index is 1190. The molecule has 4 nitrogen and oxygen atoms in total. The van der Waals surface area contributed by atoms with Crippen LogP contribution in [0.25, 0.3) is 22.2 Å². The fourth-order valence-electron chi connectivity index (χ4n) is 3.29. The highest BCUT2D eigenvalue weighted by Crippen LogP contribution is 2.29. The van der Waals surface area contributed by atoms with Gasteiger partial charge in [-0.1, -0.05) is 36.3 Å². The highest BCUT2D eigenvalue weighted by molar-refractivity contribution is 5.83. The van der Waals surface area contributed by atoms with E-state index in [1.54, 1.807) is 6.92 Å². The van der Waals surface area contributed by atoms with Gasteiger partial charge >= 0.3 is 0 Å². The Morgan fingerprint density at radius 3 is 2.59 bits per heavy atom. The third kappa shape index (κ3) is 4.16. The van der Waals surface area contributed by atoms with Crippen LogP contribution in [0.15, 0.2) is 66.7 Å². The second-order valence-electron chi connectivity index (χ2n) is 6.79. The SMILES string of the molecule is CCOc1ccc(C#Cc2nc3ccc(-c4ccccc4C(C)O)cc3[nH]2)cc1. The van der Waals surface area contributed by atoms with Gasteiger partial charge in [-0.2, -0.15) is 0 Å². The summed E-state index contributed by atoms with van der Waals surface area (Å²) in [6.07, 6.45) is -0.529. The average Bonchev–Trinajstić information content (AvgIpc) is 3.15. The zero-order chi connectivity index (χ0) is 20.2. The Kier molecular flexibility index (Phi) is 5.33. The first-order valence-electron chi connectivity index (χ1n) is 9.66. The summed E-state index contributed by atoms with van der Waals surface area (Å²) < 4.78 is 5.45. The molecule has 0 radical (unpaired) electrons. The van der Waals surface area contributed by atoms with Crippen molar-refractivity contribution in [2.45, 2.75) is 20.0 Å². The number of hydrogen-bond acceptors (Lipinski definition) is 3. The van der Waals surface area contributed by atoms with Crippen LogP contribution < -0.4 is 4.74 Å². The molecule has 0 aliphatic rings. The number of rotatable bonds is 4. The maximum Gasteiger partial charge on any atom is 0.184 e. The number of aromatic nitrogens is 2. The lowest BCUT2D eigenvalue weighted by atomic mass is 9.96. The molecule has 0 saturated heterocycles. The second kappa shape index (κ2) is 8.22. The second-order valence-corrected chi connectivity index (χ2v) is 6.79. The van der Waals surface area contributed by atoms with Gasteiger partial charge in [0.25, 0.3) is 0 Å². The van der Waals surface area contributed by atoms with Gasteiger partial charge in [-0.25, -0.2) is 4.98 Å². The Morgan fingerprint density at radius 2 is 1.83 bits per heavy atom. The predicted octanol–water partition coefficient (Wildman–Crippen LogP) is 5.08. The summed E-state index contributed by atoms with van der Waals surface area (Å²) in [5, 5.41) is 10.1. The standard InChI is InChI=1S/C25H22N2O2/c1-3-29-20-12-8-18(9-13-20)10-15-25-26-23-14-11-19(16-24(23)27-25)22-7-5-4-6-21(22)17(2)28/h4-9,11-14,16-17,28H,3H2,1-2H3,(H,26,27). The van der Waals surface area contributed by atoms with Crippen molar-refractivity contribution in [2.24, 2.45) is 0 Å². The molecule has 2 N–H and O–H groups in total. The van der Waals surface area contributed by atoms with Gasteiger partial charge in [-0.05, 0) is 72.9 Å². The first-order valence-corrected chi connectivity index (χ1v) is 9.66. The zero-order valence-corrected chi connectivity index (χ0v) is 16.4.